The van der Waals surface area contributed by atoms with Gasteiger partial charge >= 0.3 is 5.97 Å². The van der Waals surface area contributed by atoms with Crippen molar-refractivity contribution in [3.05, 3.63) is 28.8 Å². The summed E-state index contributed by atoms with van der Waals surface area (Å²) in [6.45, 7) is 2.87. The molecule has 0 aromatic heterocycles. The fourth-order valence-electron chi connectivity index (χ4n) is 2.70. The monoisotopic (exact) mass is 338 g/mol. The van der Waals surface area contributed by atoms with Gasteiger partial charge in [0.15, 0.2) is 0 Å². The summed E-state index contributed by atoms with van der Waals surface area (Å²) in [6.07, 6.45) is 5.37. The molecule has 1 aliphatic heterocycles. The highest BCUT2D eigenvalue weighted by Gasteiger charge is 2.13. The van der Waals surface area contributed by atoms with E-state index in [-0.39, 0.29) is 5.91 Å². The molecule has 0 atom stereocenters. The molecule has 1 aromatic rings. The second-order valence-corrected chi connectivity index (χ2v) is 6.15. The Morgan fingerprint density at radius 3 is 2.57 bits per heavy atom. The molecule has 6 heteroatoms. The molecule has 0 saturated carbocycles. The molecule has 0 bridgehead atoms. The minimum atomic E-state index is -0.457. The molecule has 0 aliphatic carbocycles. The number of halogens is 1. The second-order valence-electron chi connectivity index (χ2n) is 5.74. The molecule has 5 nitrogen and oxygen atoms in total. The van der Waals surface area contributed by atoms with Crippen LogP contribution in [0.15, 0.2) is 18.2 Å². The summed E-state index contributed by atoms with van der Waals surface area (Å²) in [5.41, 5.74) is 0.801. The van der Waals surface area contributed by atoms with Crippen LogP contribution in [0.1, 0.15) is 42.5 Å². The lowest BCUT2D eigenvalue weighted by Gasteiger charge is -2.19. The summed E-state index contributed by atoms with van der Waals surface area (Å²) in [5.74, 6) is -0.556. The molecule has 1 aromatic carbocycles. The standard InChI is InChI=1S/C17H23ClN2O3/c1-23-17(22)13-6-7-14(18)15(12-13)19-16(21)8-11-20-9-4-2-3-5-10-20/h6-7,12H,2-5,8-11H2,1H3,(H,19,21). The van der Waals surface area contributed by atoms with Gasteiger partial charge in [0.2, 0.25) is 5.91 Å². The van der Waals surface area contributed by atoms with Gasteiger partial charge in [-0.3, -0.25) is 4.79 Å². The second kappa shape index (κ2) is 8.89. The van der Waals surface area contributed by atoms with Gasteiger partial charge in [0.25, 0.3) is 0 Å². The summed E-state index contributed by atoms with van der Waals surface area (Å²) in [5, 5.41) is 3.18. The minimum absolute atomic E-state index is 0.0989. The molecule has 1 saturated heterocycles. The van der Waals surface area contributed by atoms with Gasteiger partial charge in [0, 0.05) is 13.0 Å². The normalized spacial score (nSPS) is 15.7. The van der Waals surface area contributed by atoms with Crippen LogP contribution in [0.3, 0.4) is 0 Å². The maximum atomic E-state index is 12.1. The highest BCUT2D eigenvalue weighted by molar-refractivity contribution is 6.33. The number of benzene rings is 1. The number of anilines is 1. The van der Waals surface area contributed by atoms with Gasteiger partial charge in [-0.2, -0.15) is 0 Å². The fourth-order valence-corrected chi connectivity index (χ4v) is 2.86. The molecule has 1 fully saturated rings. The van der Waals surface area contributed by atoms with Crippen LogP contribution < -0.4 is 5.32 Å². The molecule has 1 amide bonds. The van der Waals surface area contributed by atoms with Gasteiger partial charge < -0.3 is 15.0 Å². The van der Waals surface area contributed by atoms with E-state index in [0.29, 0.717) is 22.7 Å². The van der Waals surface area contributed by atoms with E-state index in [4.69, 9.17) is 11.6 Å². The number of likely N-dealkylation sites (tertiary alicyclic amines) is 1. The van der Waals surface area contributed by atoms with E-state index in [1.807, 2.05) is 0 Å². The Kier molecular flexibility index (Phi) is 6.86. The number of carbonyl (C=O) groups is 2. The molecule has 2 rings (SSSR count). The van der Waals surface area contributed by atoms with E-state index in [1.165, 1.54) is 38.9 Å². The Morgan fingerprint density at radius 2 is 1.91 bits per heavy atom. The number of esters is 1. The first-order valence-electron chi connectivity index (χ1n) is 8.00. The van der Waals surface area contributed by atoms with Gasteiger partial charge in [-0.1, -0.05) is 24.4 Å². The number of ether oxygens (including phenoxy) is 1. The summed E-state index contributed by atoms with van der Waals surface area (Å²) < 4.78 is 4.67. The van der Waals surface area contributed by atoms with E-state index in [2.05, 4.69) is 15.0 Å². The smallest absolute Gasteiger partial charge is 0.337 e. The maximum Gasteiger partial charge on any atom is 0.337 e. The zero-order valence-electron chi connectivity index (χ0n) is 13.4. The summed E-state index contributed by atoms with van der Waals surface area (Å²) in [6, 6.07) is 4.69. The average molecular weight is 339 g/mol. The van der Waals surface area contributed by atoms with Gasteiger partial charge in [-0.15, -0.1) is 0 Å². The molecule has 1 heterocycles. The Labute approximate surface area is 141 Å². The first kappa shape index (κ1) is 17.8. The van der Waals surface area contributed by atoms with Crippen LogP contribution in [0.2, 0.25) is 5.02 Å². The van der Waals surface area contributed by atoms with E-state index in [1.54, 1.807) is 12.1 Å². The van der Waals surface area contributed by atoms with Crippen molar-refractivity contribution >= 4 is 29.2 Å². The highest BCUT2D eigenvalue weighted by atomic mass is 35.5. The number of nitrogens with zero attached hydrogens (tertiary/aromatic N) is 1. The van der Waals surface area contributed by atoms with Crippen LogP contribution in [-0.4, -0.2) is 43.5 Å². The Bertz CT molecular complexity index is 555. The molecular formula is C17H23ClN2O3. The first-order valence-corrected chi connectivity index (χ1v) is 8.38. The van der Waals surface area contributed by atoms with Crippen LogP contribution >= 0.6 is 11.6 Å². The van der Waals surface area contributed by atoms with Crippen molar-refractivity contribution < 1.29 is 14.3 Å². The van der Waals surface area contributed by atoms with E-state index in [0.717, 1.165) is 19.6 Å². The number of nitrogens with one attached hydrogen (secondary N) is 1. The van der Waals surface area contributed by atoms with Crippen molar-refractivity contribution in [1.29, 1.82) is 0 Å². The van der Waals surface area contributed by atoms with E-state index < -0.39 is 5.97 Å². The van der Waals surface area contributed by atoms with Gasteiger partial charge in [0.1, 0.15) is 0 Å². The van der Waals surface area contributed by atoms with Crippen LogP contribution in [0.4, 0.5) is 5.69 Å². The lowest BCUT2D eigenvalue weighted by molar-refractivity contribution is -0.116. The molecule has 0 radical (unpaired) electrons. The molecule has 1 N–H and O–H groups in total. The van der Waals surface area contributed by atoms with Crippen LogP contribution in [0, 0.1) is 0 Å². The number of rotatable bonds is 5. The lowest BCUT2D eigenvalue weighted by Crippen LogP contribution is -2.28. The first-order chi connectivity index (χ1) is 11.1. The third-order valence-corrected chi connectivity index (χ3v) is 4.34. The van der Waals surface area contributed by atoms with E-state index in [9.17, 15) is 9.59 Å². The SMILES string of the molecule is COC(=O)c1ccc(Cl)c(NC(=O)CCN2CCCCCC2)c1. The molecule has 23 heavy (non-hydrogen) atoms. The summed E-state index contributed by atoms with van der Waals surface area (Å²) in [4.78, 5) is 26.0. The Hall–Kier alpha value is -1.59. The zero-order chi connectivity index (χ0) is 16.7. The molecule has 0 spiro atoms. The van der Waals surface area contributed by atoms with Crippen molar-refractivity contribution in [2.24, 2.45) is 0 Å². The quantitative estimate of drug-likeness (QED) is 0.837. The minimum Gasteiger partial charge on any atom is -0.465 e. The number of amides is 1. The molecule has 126 valence electrons. The van der Waals surface area contributed by atoms with Crippen molar-refractivity contribution in [3.63, 3.8) is 0 Å². The Balaban J connectivity index is 1.90. The third-order valence-electron chi connectivity index (χ3n) is 4.02. The highest BCUT2D eigenvalue weighted by Crippen LogP contribution is 2.23. The maximum absolute atomic E-state index is 12.1. The number of hydrogen-bond acceptors (Lipinski definition) is 4. The predicted molar refractivity (Wildman–Crippen MR) is 90.9 cm³/mol. The topological polar surface area (TPSA) is 58.6 Å². The zero-order valence-corrected chi connectivity index (χ0v) is 14.2. The third kappa shape index (κ3) is 5.52. The average Bonchev–Trinajstić information content (AvgIpc) is 2.83. The molecule has 0 unspecified atom stereocenters. The lowest BCUT2D eigenvalue weighted by atomic mass is 10.2. The van der Waals surface area contributed by atoms with Crippen molar-refractivity contribution in [3.8, 4) is 0 Å². The van der Waals surface area contributed by atoms with E-state index >= 15 is 0 Å². The van der Waals surface area contributed by atoms with Gasteiger partial charge in [-0.25, -0.2) is 4.79 Å². The molecule has 1 aliphatic rings. The summed E-state index contributed by atoms with van der Waals surface area (Å²) in [7, 11) is 1.32. The molecular weight excluding hydrogens is 316 g/mol. The van der Waals surface area contributed by atoms with Crippen LogP contribution in [0.25, 0.3) is 0 Å². The predicted octanol–water partition coefficient (Wildman–Crippen LogP) is 3.33. The van der Waals surface area contributed by atoms with Crippen molar-refractivity contribution in [2.45, 2.75) is 32.1 Å². The van der Waals surface area contributed by atoms with Gasteiger partial charge in [0.05, 0.1) is 23.4 Å². The number of methoxy groups -OCH3 is 1. The number of hydrogen-bond donors (Lipinski definition) is 1. The van der Waals surface area contributed by atoms with Gasteiger partial charge in [-0.05, 0) is 44.1 Å². The number of carbonyl (C=O) groups excluding carboxylic acids is 2. The van der Waals surface area contributed by atoms with Crippen LogP contribution in [-0.2, 0) is 9.53 Å². The largest absolute Gasteiger partial charge is 0.465 e. The fraction of sp³-hybridized carbons (Fsp3) is 0.529. The Morgan fingerprint density at radius 1 is 1.22 bits per heavy atom. The van der Waals surface area contributed by atoms with Crippen LogP contribution in [0.5, 0.6) is 0 Å². The summed E-state index contributed by atoms with van der Waals surface area (Å²) >= 11 is 6.08. The van der Waals surface area contributed by atoms with Crippen molar-refractivity contribution in [2.75, 3.05) is 32.1 Å². The van der Waals surface area contributed by atoms with Crippen molar-refractivity contribution in [1.82, 2.24) is 4.90 Å².